The second-order valence-electron chi connectivity index (χ2n) is 7.31. The number of amides is 2. The van der Waals surface area contributed by atoms with Gasteiger partial charge in [0.1, 0.15) is 11.4 Å². The molecule has 0 saturated heterocycles. The summed E-state index contributed by atoms with van der Waals surface area (Å²) in [5, 5.41) is 14.5. The van der Waals surface area contributed by atoms with Gasteiger partial charge >= 0.3 is 17.9 Å². The monoisotopic (exact) mass is 479 g/mol. The second-order valence-corrected chi connectivity index (χ2v) is 8.62. The van der Waals surface area contributed by atoms with Crippen LogP contribution in [0.1, 0.15) is 26.7 Å². The molecule has 0 heterocycles. The zero-order valence-corrected chi connectivity index (χ0v) is 19.6. The fraction of sp³-hybridized carbons (Fsp3) is 0.737. The van der Waals surface area contributed by atoms with Crippen molar-refractivity contribution in [3.8, 4) is 0 Å². The summed E-state index contributed by atoms with van der Waals surface area (Å²) in [5.74, 6) is -2.46. The zero-order valence-electron chi connectivity index (χ0n) is 18.8. The van der Waals surface area contributed by atoms with E-state index in [2.05, 4.69) is 20.1 Å². The molecular weight excluding hydrogens is 446 g/mol. The first-order chi connectivity index (χ1) is 15.0. The SMILES string of the molecule is COC(=O)CC(SCCNC(=O)CCNC(=O)[C@H](O)C(C)(C)COC(=O)CN)C(=O)OC. The van der Waals surface area contributed by atoms with Gasteiger partial charge in [-0.25, -0.2) is 0 Å². The molecule has 0 saturated carbocycles. The van der Waals surface area contributed by atoms with Gasteiger partial charge in [0.25, 0.3) is 0 Å². The predicted molar refractivity (Wildman–Crippen MR) is 115 cm³/mol. The lowest BCUT2D eigenvalue weighted by atomic mass is 9.87. The maximum atomic E-state index is 12.1. The second kappa shape index (κ2) is 15.4. The van der Waals surface area contributed by atoms with E-state index in [1.165, 1.54) is 14.2 Å². The minimum absolute atomic E-state index is 0.0132. The highest BCUT2D eigenvalue weighted by atomic mass is 32.2. The van der Waals surface area contributed by atoms with Crippen molar-refractivity contribution in [3.05, 3.63) is 0 Å². The molecule has 0 rings (SSSR count). The van der Waals surface area contributed by atoms with Gasteiger partial charge in [-0.2, -0.15) is 0 Å². The highest BCUT2D eigenvalue weighted by Crippen LogP contribution is 2.21. The standard InChI is InChI=1S/C19H33N3O9S/c1-19(2,11-31-15(25)10-20)16(26)17(27)22-6-5-13(23)21-7-8-32-12(18(28)30-4)9-14(24)29-3/h12,16,26H,5-11,20H2,1-4H3,(H,21,23)(H,22,27)/t12?,16-/m0/s1. The highest BCUT2D eigenvalue weighted by molar-refractivity contribution is 8.00. The minimum atomic E-state index is -1.46. The van der Waals surface area contributed by atoms with Crippen LogP contribution in [0.3, 0.4) is 0 Å². The Morgan fingerprint density at radius 2 is 1.69 bits per heavy atom. The Labute approximate surface area is 191 Å². The third-order valence-electron chi connectivity index (χ3n) is 4.20. The molecule has 1 unspecified atom stereocenters. The first kappa shape index (κ1) is 29.6. The van der Waals surface area contributed by atoms with Crippen molar-refractivity contribution in [1.29, 1.82) is 0 Å². The molecule has 13 heteroatoms. The highest BCUT2D eigenvalue weighted by Gasteiger charge is 2.34. The number of ether oxygens (including phenoxy) is 3. The van der Waals surface area contributed by atoms with Crippen molar-refractivity contribution >= 4 is 41.5 Å². The Morgan fingerprint density at radius 3 is 2.25 bits per heavy atom. The zero-order chi connectivity index (χ0) is 24.7. The number of rotatable bonds is 15. The first-order valence-corrected chi connectivity index (χ1v) is 10.9. The average Bonchev–Trinajstić information content (AvgIpc) is 2.77. The largest absolute Gasteiger partial charge is 0.469 e. The Kier molecular flexibility index (Phi) is 14.3. The van der Waals surface area contributed by atoms with Crippen LogP contribution in [-0.4, -0.2) is 92.4 Å². The summed E-state index contributed by atoms with van der Waals surface area (Å²) in [6, 6.07) is 0. The van der Waals surface area contributed by atoms with E-state index in [-0.39, 0.29) is 45.0 Å². The molecule has 184 valence electrons. The van der Waals surface area contributed by atoms with Crippen LogP contribution >= 0.6 is 11.8 Å². The van der Waals surface area contributed by atoms with Crippen LogP contribution in [0, 0.1) is 5.41 Å². The van der Waals surface area contributed by atoms with E-state index in [1.54, 1.807) is 13.8 Å². The summed E-state index contributed by atoms with van der Waals surface area (Å²) in [4.78, 5) is 58.1. The van der Waals surface area contributed by atoms with E-state index in [9.17, 15) is 29.1 Å². The number of hydrogen-bond donors (Lipinski definition) is 4. The van der Waals surface area contributed by atoms with Gasteiger partial charge < -0.3 is 35.7 Å². The number of esters is 3. The van der Waals surface area contributed by atoms with E-state index in [0.29, 0.717) is 5.75 Å². The Bertz CT molecular complexity index is 658. The molecule has 5 N–H and O–H groups in total. The average molecular weight is 480 g/mol. The van der Waals surface area contributed by atoms with Gasteiger partial charge in [-0.3, -0.25) is 24.0 Å². The van der Waals surface area contributed by atoms with Crippen molar-refractivity contribution in [2.75, 3.05) is 46.2 Å². The van der Waals surface area contributed by atoms with Gasteiger partial charge in [-0.15, -0.1) is 11.8 Å². The fourth-order valence-electron chi connectivity index (χ4n) is 2.21. The Morgan fingerprint density at radius 1 is 1.03 bits per heavy atom. The number of aliphatic hydroxyl groups excluding tert-OH is 1. The number of aliphatic hydroxyl groups is 1. The fourth-order valence-corrected chi connectivity index (χ4v) is 3.20. The topological polar surface area (TPSA) is 183 Å². The van der Waals surface area contributed by atoms with Gasteiger partial charge in [0, 0.05) is 30.7 Å². The van der Waals surface area contributed by atoms with Crippen LogP contribution in [0.2, 0.25) is 0 Å². The van der Waals surface area contributed by atoms with E-state index in [1.807, 2.05) is 0 Å². The number of methoxy groups -OCH3 is 2. The number of carbonyl (C=O) groups excluding carboxylic acids is 5. The quantitative estimate of drug-likeness (QED) is 0.120. The maximum absolute atomic E-state index is 12.1. The number of thioether (sulfide) groups is 1. The molecule has 32 heavy (non-hydrogen) atoms. The molecule has 0 radical (unpaired) electrons. The normalized spacial score (nSPS) is 12.8. The van der Waals surface area contributed by atoms with Crippen LogP contribution in [0.25, 0.3) is 0 Å². The summed E-state index contributed by atoms with van der Waals surface area (Å²) in [6.45, 7) is 2.81. The molecule has 0 bridgehead atoms. The van der Waals surface area contributed by atoms with Crippen molar-refractivity contribution in [3.63, 3.8) is 0 Å². The van der Waals surface area contributed by atoms with Crippen molar-refractivity contribution in [2.45, 2.75) is 38.0 Å². The molecule has 0 aromatic carbocycles. The number of nitrogens with two attached hydrogens (primary N) is 1. The molecule has 12 nitrogen and oxygen atoms in total. The van der Waals surface area contributed by atoms with Crippen LogP contribution < -0.4 is 16.4 Å². The molecule has 0 aliphatic rings. The van der Waals surface area contributed by atoms with Crippen molar-refractivity contribution in [1.82, 2.24) is 10.6 Å². The van der Waals surface area contributed by atoms with Gasteiger partial charge in [-0.1, -0.05) is 13.8 Å². The Hall–Kier alpha value is -2.38. The maximum Gasteiger partial charge on any atom is 0.319 e. The van der Waals surface area contributed by atoms with Crippen LogP contribution in [0.5, 0.6) is 0 Å². The van der Waals surface area contributed by atoms with Crippen LogP contribution in [0.4, 0.5) is 0 Å². The third-order valence-corrected chi connectivity index (χ3v) is 5.40. The van der Waals surface area contributed by atoms with Gasteiger partial charge in [-0.05, 0) is 0 Å². The van der Waals surface area contributed by atoms with E-state index in [0.717, 1.165) is 11.8 Å². The number of hydrogen-bond acceptors (Lipinski definition) is 11. The lowest BCUT2D eigenvalue weighted by Gasteiger charge is -2.28. The molecule has 0 aliphatic heterocycles. The third kappa shape index (κ3) is 11.9. The van der Waals surface area contributed by atoms with Gasteiger partial charge in [0.2, 0.25) is 11.8 Å². The van der Waals surface area contributed by atoms with Gasteiger partial charge in [0.05, 0.1) is 33.8 Å². The number of nitrogens with one attached hydrogen (secondary N) is 2. The first-order valence-electron chi connectivity index (χ1n) is 9.82. The predicted octanol–water partition coefficient (Wildman–Crippen LogP) is -1.66. The summed E-state index contributed by atoms with van der Waals surface area (Å²) >= 11 is 1.15. The van der Waals surface area contributed by atoms with E-state index >= 15 is 0 Å². The molecule has 2 atom stereocenters. The lowest BCUT2D eigenvalue weighted by molar-refractivity contribution is -0.152. The molecule has 2 amide bonds. The smallest absolute Gasteiger partial charge is 0.319 e. The summed E-state index contributed by atoms with van der Waals surface area (Å²) in [7, 11) is 2.44. The lowest BCUT2D eigenvalue weighted by Crippen LogP contribution is -2.47. The Balaban J connectivity index is 4.25. The molecule has 0 aromatic heterocycles. The minimum Gasteiger partial charge on any atom is -0.469 e. The summed E-state index contributed by atoms with van der Waals surface area (Å²) < 4.78 is 14.0. The molecule has 0 aliphatic carbocycles. The number of carbonyl (C=O) groups is 5. The van der Waals surface area contributed by atoms with Crippen molar-refractivity contribution in [2.24, 2.45) is 11.1 Å². The van der Waals surface area contributed by atoms with E-state index in [4.69, 9.17) is 10.5 Å². The van der Waals surface area contributed by atoms with Crippen molar-refractivity contribution < 1.29 is 43.3 Å². The molecule has 0 spiro atoms. The van der Waals surface area contributed by atoms with Crippen LogP contribution in [-0.2, 0) is 38.2 Å². The molecule has 0 aromatic rings. The van der Waals surface area contributed by atoms with E-state index < -0.39 is 40.6 Å². The van der Waals surface area contributed by atoms with Crippen LogP contribution in [0.15, 0.2) is 0 Å². The summed E-state index contributed by atoms with van der Waals surface area (Å²) in [6.07, 6.45) is -1.63. The molecular formula is C19H33N3O9S. The molecule has 0 fully saturated rings. The van der Waals surface area contributed by atoms with Gasteiger partial charge in [0.15, 0.2) is 0 Å². The summed E-state index contributed by atoms with van der Waals surface area (Å²) in [5.41, 5.74) is 4.09.